The fraction of sp³-hybridized carbons (Fsp3) is 0.368. The van der Waals surface area contributed by atoms with Gasteiger partial charge in [-0.15, -0.1) is 11.3 Å². The van der Waals surface area contributed by atoms with Crippen LogP contribution in [0.5, 0.6) is 5.75 Å². The number of fused-ring (bicyclic) bond motifs is 1. The van der Waals surface area contributed by atoms with Crippen molar-refractivity contribution in [3.8, 4) is 5.75 Å². The van der Waals surface area contributed by atoms with Crippen LogP contribution in [0.15, 0.2) is 18.2 Å². The standard InChI is InChI=1S/C19H23N3O3S/c1-2-9-25-14-8-7-11(10-13(14)20)18(24)22-19-16(17(21)23)12-5-3-4-6-15(12)26-19/h7-8,10H,2-6,9,20H2,1H3,(H2,21,23)(H,22,24). The van der Waals surface area contributed by atoms with Gasteiger partial charge in [0.05, 0.1) is 17.9 Å². The molecule has 0 aliphatic heterocycles. The summed E-state index contributed by atoms with van der Waals surface area (Å²) < 4.78 is 5.53. The highest BCUT2D eigenvalue weighted by Gasteiger charge is 2.25. The summed E-state index contributed by atoms with van der Waals surface area (Å²) in [5, 5.41) is 3.36. The maximum absolute atomic E-state index is 12.6. The molecule has 0 unspecified atom stereocenters. The van der Waals surface area contributed by atoms with E-state index in [1.807, 2.05) is 6.92 Å². The van der Waals surface area contributed by atoms with Crippen molar-refractivity contribution in [2.24, 2.45) is 5.73 Å². The third-order valence-corrected chi connectivity index (χ3v) is 5.59. The Bertz CT molecular complexity index is 845. The Morgan fingerprint density at radius 3 is 2.73 bits per heavy atom. The molecule has 1 aromatic heterocycles. The van der Waals surface area contributed by atoms with E-state index in [1.165, 1.54) is 11.3 Å². The first-order chi connectivity index (χ1) is 12.5. The van der Waals surface area contributed by atoms with E-state index in [-0.39, 0.29) is 5.91 Å². The lowest BCUT2D eigenvalue weighted by Crippen LogP contribution is -2.18. The van der Waals surface area contributed by atoms with Crippen molar-refractivity contribution in [3.05, 3.63) is 39.8 Å². The maximum atomic E-state index is 12.6. The van der Waals surface area contributed by atoms with E-state index in [0.29, 0.717) is 34.2 Å². The zero-order chi connectivity index (χ0) is 18.7. The molecule has 0 saturated heterocycles. The van der Waals surface area contributed by atoms with E-state index < -0.39 is 5.91 Å². The van der Waals surface area contributed by atoms with Gasteiger partial charge in [0.15, 0.2) is 0 Å². The molecule has 0 atom stereocenters. The Labute approximate surface area is 156 Å². The van der Waals surface area contributed by atoms with Gasteiger partial charge in [-0.2, -0.15) is 0 Å². The Hall–Kier alpha value is -2.54. The molecule has 2 aromatic rings. The summed E-state index contributed by atoms with van der Waals surface area (Å²) in [6.45, 7) is 2.58. The van der Waals surface area contributed by atoms with Gasteiger partial charge in [-0.3, -0.25) is 9.59 Å². The summed E-state index contributed by atoms with van der Waals surface area (Å²) in [6, 6.07) is 4.93. The van der Waals surface area contributed by atoms with E-state index in [0.717, 1.165) is 42.5 Å². The van der Waals surface area contributed by atoms with Gasteiger partial charge < -0.3 is 21.5 Å². The van der Waals surface area contributed by atoms with Gasteiger partial charge in [0.25, 0.3) is 11.8 Å². The molecule has 1 aromatic carbocycles. The van der Waals surface area contributed by atoms with Gasteiger partial charge in [0, 0.05) is 10.4 Å². The molecule has 2 amide bonds. The quantitative estimate of drug-likeness (QED) is 0.675. The number of hydrogen-bond donors (Lipinski definition) is 3. The highest BCUT2D eigenvalue weighted by atomic mass is 32.1. The number of ether oxygens (including phenoxy) is 1. The molecule has 0 bridgehead atoms. The number of hydrogen-bond acceptors (Lipinski definition) is 5. The van der Waals surface area contributed by atoms with Crippen molar-refractivity contribution in [2.45, 2.75) is 39.0 Å². The van der Waals surface area contributed by atoms with Crippen LogP contribution in [0, 0.1) is 0 Å². The molecule has 1 aliphatic carbocycles. The average molecular weight is 373 g/mol. The first-order valence-corrected chi connectivity index (χ1v) is 9.61. The van der Waals surface area contributed by atoms with Crippen molar-refractivity contribution >= 4 is 33.8 Å². The van der Waals surface area contributed by atoms with E-state index in [9.17, 15) is 9.59 Å². The lowest BCUT2D eigenvalue weighted by molar-refractivity contribution is 0.100. The normalized spacial score (nSPS) is 13.1. The molecular formula is C19H23N3O3S. The first-order valence-electron chi connectivity index (χ1n) is 8.79. The summed E-state index contributed by atoms with van der Waals surface area (Å²) in [6.07, 6.45) is 4.76. The SMILES string of the molecule is CCCOc1ccc(C(=O)Nc2sc3c(c2C(N)=O)CCCC3)cc1N. The summed E-state index contributed by atoms with van der Waals surface area (Å²) in [5.74, 6) is -0.254. The molecule has 0 radical (unpaired) electrons. The van der Waals surface area contributed by atoms with Crippen LogP contribution in [0.2, 0.25) is 0 Å². The monoisotopic (exact) mass is 373 g/mol. The molecule has 5 N–H and O–H groups in total. The van der Waals surface area contributed by atoms with Gasteiger partial charge in [-0.05, 0) is 55.9 Å². The number of anilines is 2. The topological polar surface area (TPSA) is 107 Å². The number of nitrogens with one attached hydrogen (secondary N) is 1. The fourth-order valence-corrected chi connectivity index (χ4v) is 4.41. The number of thiophene rings is 1. The number of amides is 2. The summed E-state index contributed by atoms with van der Waals surface area (Å²) in [5.41, 5.74) is 13.8. The molecule has 26 heavy (non-hydrogen) atoms. The van der Waals surface area contributed by atoms with Crippen LogP contribution in [0.3, 0.4) is 0 Å². The van der Waals surface area contributed by atoms with Crippen molar-refractivity contribution in [3.63, 3.8) is 0 Å². The molecule has 138 valence electrons. The number of carbonyl (C=O) groups is 2. The predicted octanol–water partition coefficient (Wildman–Crippen LogP) is 3.35. The van der Waals surface area contributed by atoms with E-state index in [4.69, 9.17) is 16.2 Å². The number of aryl methyl sites for hydroxylation is 1. The Morgan fingerprint density at radius 1 is 1.27 bits per heavy atom. The smallest absolute Gasteiger partial charge is 0.256 e. The molecule has 0 spiro atoms. The largest absolute Gasteiger partial charge is 0.491 e. The van der Waals surface area contributed by atoms with Crippen LogP contribution in [0.4, 0.5) is 10.7 Å². The first kappa shape index (κ1) is 18.3. The van der Waals surface area contributed by atoms with Crippen LogP contribution >= 0.6 is 11.3 Å². The van der Waals surface area contributed by atoms with Crippen LogP contribution < -0.4 is 21.5 Å². The summed E-state index contributed by atoms with van der Waals surface area (Å²) >= 11 is 1.44. The molecule has 1 aliphatic rings. The van der Waals surface area contributed by atoms with E-state index in [1.54, 1.807) is 18.2 Å². The summed E-state index contributed by atoms with van der Waals surface area (Å²) in [7, 11) is 0. The minimum atomic E-state index is -0.498. The maximum Gasteiger partial charge on any atom is 0.256 e. The minimum Gasteiger partial charge on any atom is -0.491 e. The molecular weight excluding hydrogens is 350 g/mol. The fourth-order valence-electron chi connectivity index (χ4n) is 3.12. The zero-order valence-electron chi connectivity index (χ0n) is 14.8. The highest BCUT2D eigenvalue weighted by Crippen LogP contribution is 2.38. The molecule has 6 nitrogen and oxygen atoms in total. The minimum absolute atomic E-state index is 0.320. The molecule has 3 rings (SSSR count). The number of carbonyl (C=O) groups excluding carboxylic acids is 2. The second-order valence-corrected chi connectivity index (χ2v) is 7.44. The molecule has 7 heteroatoms. The average Bonchev–Trinajstić information content (AvgIpc) is 2.98. The number of nitrogens with two attached hydrogens (primary N) is 2. The van der Waals surface area contributed by atoms with Crippen molar-refractivity contribution < 1.29 is 14.3 Å². The van der Waals surface area contributed by atoms with Gasteiger partial charge >= 0.3 is 0 Å². The van der Waals surface area contributed by atoms with Gasteiger partial charge in [0.2, 0.25) is 0 Å². The van der Waals surface area contributed by atoms with E-state index >= 15 is 0 Å². The van der Waals surface area contributed by atoms with Crippen LogP contribution in [-0.2, 0) is 12.8 Å². The molecule has 0 fully saturated rings. The number of rotatable bonds is 6. The Kier molecular flexibility index (Phi) is 5.46. The van der Waals surface area contributed by atoms with E-state index in [2.05, 4.69) is 5.32 Å². The third kappa shape index (κ3) is 3.67. The Morgan fingerprint density at radius 2 is 2.04 bits per heavy atom. The summed E-state index contributed by atoms with van der Waals surface area (Å²) in [4.78, 5) is 25.7. The van der Waals surface area contributed by atoms with Gasteiger partial charge in [0.1, 0.15) is 10.8 Å². The lowest BCUT2D eigenvalue weighted by atomic mass is 9.95. The number of nitrogen functional groups attached to an aromatic ring is 1. The Balaban J connectivity index is 1.83. The third-order valence-electron chi connectivity index (χ3n) is 4.38. The molecule has 1 heterocycles. The van der Waals surface area contributed by atoms with Crippen molar-refractivity contribution in [1.82, 2.24) is 0 Å². The zero-order valence-corrected chi connectivity index (χ0v) is 15.6. The van der Waals surface area contributed by atoms with Crippen LogP contribution in [0.1, 0.15) is 57.3 Å². The van der Waals surface area contributed by atoms with Crippen LogP contribution in [0.25, 0.3) is 0 Å². The molecule has 0 saturated carbocycles. The van der Waals surface area contributed by atoms with Crippen LogP contribution in [-0.4, -0.2) is 18.4 Å². The number of primary amides is 1. The predicted molar refractivity (Wildman–Crippen MR) is 104 cm³/mol. The van der Waals surface area contributed by atoms with Crippen molar-refractivity contribution in [2.75, 3.05) is 17.7 Å². The van der Waals surface area contributed by atoms with Crippen molar-refractivity contribution in [1.29, 1.82) is 0 Å². The van der Waals surface area contributed by atoms with Gasteiger partial charge in [-0.25, -0.2) is 0 Å². The lowest BCUT2D eigenvalue weighted by Gasteiger charge is -2.11. The second-order valence-electron chi connectivity index (χ2n) is 6.33. The highest BCUT2D eigenvalue weighted by molar-refractivity contribution is 7.17. The second kappa shape index (κ2) is 7.78. The number of benzene rings is 1. The van der Waals surface area contributed by atoms with Gasteiger partial charge in [-0.1, -0.05) is 6.92 Å².